The van der Waals surface area contributed by atoms with Gasteiger partial charge in [-0.25, -0.2) is 0 Å². The molecule has 0 aromatic heterocycles. The van der Waals surface area contributed by atoms with Crippen molar-refractivity contribution in [3.8, 4) is 0 Å². The molecule has 80 valence electrons. The highest BCUT2D eigenvalue weighted by molar-refractivity contribution is 4.55. The average molecular weight is 187 g/mol. The van der Waals surface area contributed by atoms with Gasteiger partial charge in [0.25, 0.3) is 0 Å². The van der Waals surface area contributed by atoms with Crippen LogP contribution < -0.4 is 5.32 Å². The van der Waals surface area contributed by atoms with Gasteiger partial charge < -0.3 is 5.11 Å². The van der Waals surface area contributed by atoms with E-state index < -0.39 is 0 Å². The maximum absolute atomic E-state index is 8.55. The Hall–Kier alpha value is -0.0800. The number of unbranched alkanes of at least 4 members (excludes halogenated alkanes) is 4. The maximum atomic E-state index is 8.55. The van der Waals surface area contributed by atoms with Crippen molar-refractivity contribution in [1.82, 2.24) is 5.32 Å². The molecule has 0 saturated heterocycles. The molecular formula is C11H25NO. The fourth-order valence-corrected chi connectivity index (χ4v) is 1.51. The van der Waals surface area contributed by atoms with Crippen molar-refractivity contribution in [2.75, 3.05) is 13.3 Å². The van der Waals surface area contributed by atoms with Crippen LogP contribution in [0.25, 0.3) is 0 Å². The van der Waals surface area contributed by atoms with E-state index in [2.05, 4.69) is 19.2 Å². The molecule has 2 N–H and O–H groups in total. The lowest BCUT2D eigenvalue weighted by atomic mass is 10.0. The second-order valence-corrected chi connectivity index (χ2v) is 3.92. The van der Waals surface area contributed by atoms with Crippen molar-refractivity contribution in [3.05, 3.63) is 0 Å². The maximum Gasteiger partial charge on any atom is 0.0931 e. The number of nitrogens with one attached hydrogen (secondary N) is 1. The minimum atomic E-state index is 0.111. The summed E-state index contributed by atoms with van der Waals surface area (Å²) >= 11 is 0. The number of hydrogen-bond donors (Lipinski definition) is 2. The Balaban J connectivity index is 3.03. The summed E-state index contributed by atoms with van der Waals surface area (Å²) in [5.41, 5.74) is 0. The molecule has 2 nitrogen and oxygen atoms in total. The zero-order valence-electron chi connectivity index (χ0n) is 9.18. The number of aliphatic hydroxyl groups is 1. The van der Waals surface area contributed by atoms with E-state index in [-0.39, 0.29) is 6.73 Å². The van der Waals surface area contributed by atoms with Gasteiger partial charge in [0.15, 0.2) is 0 Å². The smallest absolute Gasteiger partial charge is 0.0931 e. The summed E-state index contributed by atoms with van der Waals surface area (Å²) in [6, 6.07) is 0. The molecule has 0 radical (unpaired) electrons. The first-order valence-corrected chi connectivity index (χ1v) is 5.62. The fourth-order valence-electron chi connectivity index (χ4n) is 1.51. The fraction of sp³-hybridized carbons (Fsp3) is 1.00. The van der Waals surface area contributed by atoms with Crippen molar-refractivity contribution in [3.63, 3.8) is 0 Å². The van der Waals surface area contributed by atoms with E-state index in [0.717, 1.165) is 6.54 Å². The summed E-state index contributed by atoms with van der Waals surface area (Å²) in [6.45, 7) is 5.54. The van der Waals surface area contributed by atoms with Gasteiger partial charge in [-0.2, -0.15) is 0 Å². The molecule has 1 unspecified atom stereocenters. The number of aliphatic hydroxyl groups excluding tert-OH is 1. The van der Waals surface area contributed by atoms with Crippen LogP contribution >= 0.6 is 0 Å². The largest absolute Gasteiger partial charge is 0.381 e. The molecule has 2 heteroatoms. The first kappa shape index (κ1) is 12.9. The van der Waals surface area contributed by atoms with E-state index in [0.29, 0.717) is 5.92 Å². The topological polar surface area (TPSA) is 32.3 Å². The van der Waals surface area contributed by atoms with Gasteiger partial charge in [0.05, 0.1) is 6.73 Å². The van der Waals surface area contributed by atoms with E-state index in [9.17, 15) is 0 Å². The molecule has 0 fully saturated rings. The second kappa shape index (κ2) is 10.0. The molecule has 0 bridgehead atoms. The normalized spacial score (nSPS) is 13.2. The zero-order chi connectivity index (χ0) is 9.94. The molecule has 13 heavy (non-hydrogen) atoms. The monoisotopic (exact) mass is 187 g/mol. The van der Waals surface area contributed by atoms with Crippen LogP contribution in [0.3, 0.4) is 0 Å². The highest BCUT2D eigenvalue weighted by Gasteiger charge is 2.00. The van der Waals surface area contributed by atoms with Crippen molar-refractivity contribution < 1.29 is 5.11 Å². The minimum Gasteiger partial charge on any atom is -0.381 e. The molecule has 0 aliphatic carbocycles. The van der Waals surface area contributed by atoms with Gasteiger partial charge in [-0.05, 0) is 18.9 Å². The first-order chi connectivity index (χ1) is 6.31. The van der Waals surface area contributed by atoms with Crippen molar-refractivity contribution >= 4 is 0 Å². The summed E-state index contributed by atoms with van der Waals surface area (Å²) in [4.78, 5) is 0. The first-order valence-electron chi connectivity index (χ1n) is 5.62. The van der Waals surface area contributed by atoms with E-state index in [1.54, 1.807) is 0 Å². The SMILES string of the molecule is CCCCCCCC(C)CNCO. The Bertz CT molecular complexity index is 96.1. The van der Waals surface area contributed by atoms with Gasteiger partial charge in [-0.3, -0.25) is 5.32 Å². The molecule has 0 saturated carbocycles. The second-order valence-electron chi connectivity index (χ2n) is 3.92. The average Bonchev–Trinajstić information content (AvgIpc) is 2.14. The Morgan fingerprint density at radius 3 is 2.46 bits per heavy atom. The van der Waals surface area contributed by atoms with Gasteiger partial charge >= 0.3 is 0 Å². The summed E-state index contributed by atoms with van der Waals surface area (Å²) in [7, 11) is 0. The molecule has 0 heterocycles. The molecule has 0 rings (SSSR count). The standard InChI is InChI=1S/C11H25NO/c1-3-4-5-6-7-8-11(2)9-12-10-13/h11-13H,3-10H2,1-2H3. The van der Waals surface area contributed by atoms with Crippen LogP contribution in [0.4, 0.5) is 0 Å². The molecule has 0 spiro atoms. The quantitative estimate of drug-likeness (QED) is 0.429. The third-order valence-corrected chi connectivity index (χ3v) is 2.41. The van der Waals surface area contributed by atoms with Crippen LogP contribution in [0.2, 0.25) is 0 Å². The molecule has 0 aromatic rings. The van der Waals surface area contributed by atoms with Crippen LogP contribution in [-0.2, 0) is 0 Å². The molecular weight excluding hydrogens is 162 g/mol. The predicted octanol–water partition coefficient (Wildman–Crippen LogP) is 2.52. The Kier molecular flexibility index (Phi) is 9.94. The van der Waals surface area contributed by atoms with Crippen LogP contribution in [-0.4, -0.2) is 18.4 Å². The Labute approximate surface area is 82.7 Å². The van der Waals surface area contributed by atoms with Gasteiger partial charge in [-0.15, -0.1) is 0 Å². The summed E-state index contributed by atoms with van der Waals surface area (Å²) in [5.74, 6) is 0.703. The van der Waals surface area contributed by atoms with E-state index in [1.807, 2.05) is 0 Å². The van der Waals surface area contributed by atoms with Gasteiger partial charge in [0.2, 0.25) is 0 Å². The third kappa shape index (κ3) is 9.84. The lowest BCUT2D eigenvalue weighted by molar-refractivity contribution is 0.249. The van der Waals surface area contributed by atoms with E-state index in [1.165, 1.54) is 38.5 Å². The number of hydrogen-bond acceptors (Lipinski definition) is 2. The predicted molar refractivity (Wildman–Crippen MR) is 57.6 cm³/mol. The van der Waals surface area contributed by atoms with Gasteiger partial charge in [-0.1, -0.05) is 46.0 Å². The summed E-state index contributed by atoms with van der Waals surface area (Å²) in [5, 5.41) is 11.5. The Morgan fingerprint density at radius 1 is 1.15 bits per heavy atom. The molecule has 1 atom stereocenters. The Morgan fingerprint density at radius 2 is 1.85 bits per heavy atom. The summed E-state index contributed by atoms with van der Waals surface area (Å²) < 4.78 is 0. The molecule has 0 aliphatic rings. The number of rotatable bonds is 9. The molecule has 0 amide bonds. The van der Waals surface area contributed by atoms with Crippen molar-refractivity contribution in [1.29, 1.82) is 0 Å². The lowest BCUT2D eigenvalue weighted by Crippen LogP contribution is -2.21. The highest BCUT2D eigenvalue weighted by atomic mass is 16.3. The lowest BCUT2D eigenvalue weighted by Gasteiger charge is -2.10. The van der Waals surface area contributed by atoms with E-state index >= 15 is 0 Å². The molecule has 0 aliphatic heterocycles. The third-order valence-electron chi connectivity index (χ3n) is 2.41. The van der Waals surface area contributed by atoms with Gasteiger partial charge in [0, 0.05) is 0 Å². The van der Waals surface area contributed by atoms with Gasteiger partial charge in [0.1, 0.15) is 0 Å². The zero-order valence-corrected chi connectivity index (χ0v) is 9.18. The van der Waals surface area contributed by atoms with Crippen LogP contribution in [0.5, 0.6) is 0 Å². The van der Waals surface area contributed by atoms with Crippen LogP contribution in [0, 0.1) is 5.92 Å². The molecule has 0 aromatic carbocycles. The van der Waals surface area contributed by atoms with Crippen molar-refractivity contribution in [2.24, 2.45) is 5.92 Å². The van der Waals surface area contributed by atoms with Crippen LogP contribution in [0.15, 0.2) is 0 Å². The van der Waals surface area contributed by atoms with Crippen molar-refractivity contribution in [2.45, 2.75) is 52.4 Å². The minimum absolute atomic E-state index is 0.111. The van der Waals surface area contributed by atoms with Crippen LogP contribution in [0.1, 0.15) is 52.4 Å². The van der Waals surface area contributed by atoms with E-state index in [4.69, 9.17) is 5.11 Å². The highest BCUT2D eigenvalue weighted by Crippen LogP contribution is 2.10. The summed E-state index contributed by atoms with van der Waals surface area (Å²) in [6.07, 6.45) is 8.09.